The fraction of sp³-hybridized carbons (Fsp3) is 0.538. The highest BCUT2D eigenvalue weighted by atomic mass is 32.2. The summed E-state index contributed by atoms with van der Waals surface area (Å²) in [5, 5.41) is 0. The van der Waals surface area contributed by atoms with Gasteiger partial charge in [0, 0.05) is 20.6 Å². The van der Waals surface area contributed by atoms with Gasteiger partial charge in [-0.2, -0.15) is 17.0 Å². The molecule has 1 fully saturated rings. The molecule has 1 saturated heterocycles. The van der Waals surface area contributed by atoms with Crippen LogP contribution in [0.2, 0.25) is 0 Å². The van der Waals surface area contributed by atoms with E-state index in [0.717, 1.165) is 5.56 Å². The monoisotopic (exact) mass is 284 g/mol. The van der Waals surface area contributed by atoms with E-state index in [2.05, 4.69) is 0 Å². The van der Waals surface area contributed by atoms with Gasteiger partial charge in [0.25, 0.3) is 10.2 Å². The van der Waals surface area contributed by atoms with Crippen LogP contribution >= 0.6 is 0 Å². The maximum atomic E-state index is 12.3. The van der Waals surface area contributed by atoms with E-state index in [1.807, 2.05) is 30.3 Å². The van der Waals surface area contributed by atoms with E-state index in [4.69, 9.17) is 4.74 Å². The molecule has 1 aromatic carbocycles. The first kappa shape index (κ1) is 14.5. The number of hydrogen-bond donors (Lipinski definition) is 0. The molecule has 106 valence electrons. The van der Waals surface area contributed by atoms with E-state index >= 15 is 0 Å². The molecular formula is C13H20N2O3S. The van der Waals surface area contributed by atoms with Gasteiger partial charge >= 0.3 is 0 Å². The fourth-order valence-electron chi connectivity index (χ4n) is 2.20. The van der Waals surface area contributed by atoms with Crippen LogP contribution in [0.3, 0.4) is 0 Å². The second kappa shape index (κ2) is 6.00. The van der Waals surface area contributed by atoms with Gasteiger partial charge in [0.15, 0.2) is 0 Å². The minimum atomic E-state index is -3.38. The third kappa shape index (κ3) is 3.33. The molecule has 5 nitrogen and oxygen atoms in total. The Morgan fingerprint density at radius 1 is 1.32 bits per heavy atom. The summed E-state index contributed by atoms with van der Waals surface area (Å²) in [5.74, 6) is 0. The van der Waals surface area contributed by atoms with Crippen LogP contribution < -0.4 is 0 Å². The summed E-state index contributed by atoms with van der Waals surface area (Å²) in [4.78, 5) is 0. The molecule has 1 aliphatic heterocycles. The van der Waals surface area contributed by atoms with Gasteiger partial charge in [-0.1, -0.05) is 30.3 Å². The maximum absolute atomic E-state index is 12.3. The zero-order chi connectivity index (χ0) is 13.9. The molecule has 0 saturated carbocycles. The highest BCUT2D eigenvalue weighted by Crippen LogP contribution is 2.18. The lowest BCUT2D eigenvalue weighted by atomic mass is 10.1. The average Bonchev–Trinajstić information content (AvgIpc) is 2.40. The van der Waals surface area contributed by atoms with E-state index in [0.29, 0.717) is 26.2 Å². The quantitative estimate of drug-likeness (QED) is 0.819. The van der Waals surface area contributed by atoms with Crippen molar-refractivity contribution in [3.05, 3.63) is 35.9 Å². The van der Waals surface area contributed by atoms with E-state index in [1.54, 1.807) is 18.4 Å². The zero-order valence-electron chi connectivity index (χ0n) is 11.3. The standard InChI is InChI=1S/C13H20N2O3S/c1-14(2)19(16,17)15-8-9-18-11-13(15)10-12-6-4-3-5-7-12/h3-7,13H,8-11H2,1-2H3. The van der Waals surface area contributed by atoms with E-state index < -0.39 is 10.2 Å². The lowest BCUT2D eigenvalue weighted by Crippen LogP contribution is -2.53. The van der Waals surface area contributed by atoms with Gasteiger partial charge in [-0.25, -0.2) is 0 Å². The average molecular weight is 284 g/mol. The first-order valence-electron chi connectivity index (χ1n) is 6.33. The number of hydrogen-bond acceptors (Lipinski definition) is 3. The summed E-state index contributed by atoms with van der Waals surface area (Å²) in [7, 11) is -0.263. The van der Waals surface area contributed by atoms with Crippen LogP contribution in [-0.2, 0) is 21.4 Å². The van der Waals surface area contributed by atoms with Crippen molar-refractivity contribution >= 4 is 10.2 Å². The molecular weight excluding hydrogens is 264 g/mol. The molecule has 0 N–H and O–H groups in total. The minimum Gasteiger partial charge on any atom is -0.378 e. The highest BCUT2D eigenvalue weighted by Gasteiger charge is 2.34. The van der Waals surface area contributed by atoms with Gasteiger partial charge in [-0.05, 0) is 12.0 Å². The number of benzene rings is 1. The Hall–Kier alpha value is -0.950. The second-order valence-corrected chi connectivity index (χ2v) is 6.91. The Balaban J connectivity index is 2.17. The van der Waals surface area contributed by atoms with Crippen molar-refractivity contribution in [2.45, 2.75) is 12.5 Å². The molecule has 0 spiro atoms. The number of rotatable bonds is 4. The second-order valence-electron chi connectivity index (χ2n) is 4.82. The summed E-state index contributed by atoms with van der Waals surface area (Å²) < 4.78 is 32.8. The van der Waals surface area contributed by atoms with Crippen molar-refractivity contribution in [2.24, 2.45) is 0 Å². The van der Waals surface area contributed by atoms with Gasteiger partial charge in [0.1, 0.15) is 0 Å². The number of ether oxygens (including phenoxy) is 1. The van der Waals surface area contributed by atoms with Crippen LogP contribution in [0.4, 0.5) is 0 Å². The number of morpholine rings is 1. The molecule has 19 heavy (non-hydrogen) atoms. The lowest BCUT2D eigenvalue weighted by molar-refractivity contribution is 0.0307. The van der Waals surface area contributed by atoms with Crippen molar-refractivity contribution in [3.63, 3.8) is 0 Å². The highest BCUT2D eigenvalue weighted by molar-refractivity contribution is 7.86. The topological polar surface area (TPSA) is 49.9 Å². The molecule has 1 heterocycles. The third-order valence-electron chi connectivity index (χ3n) is 3.25. The fourth-order valence-corrected chi connectivity index (χ4v) is 3.44. The molecule has 0 radical (unpaired) electrons. The third-order valence-corrected chi connectivity index (χ3v) is 5.24. The van der Waals surface area contributed by atoms with Gasteiger partial charge in [-0.3, -0.25) is 0 Å². The normalized spacial score (nSPS) is 21.7. The smallest absolute Gasteiger partial charge is 0.281 e. The van der Waals surface area contributed by atoms with Crippen molar-refractivity contribution in [2.75, 3.05) is 33.9 Å². The van der Waals surface area contributed by atoms with Crippen molar-refractivity contribution in [1.29, 1.82) is 0 Å². The van der Waals surface area contributed by atoms with Crippen molar-refractivity contribution < 1.29 is 13.2 Å². The summed E-state index contributed by atoms with van der Waals surface area (Å²) in [6.07, 6.45) is 0.675. The van der Waals surface area contributed by atoms with Crippen LogP contribution in [0.1, 0.15) is 5.56 Å². The molecule has 0 amide bonds. The first-order valence-corrected chi connectivity index (χ1v) is 7.72. The van der Waals surface area contributed by atoms with Gasteiger partial charge < -0.3 is 4.74 Å². The predicted molar refractivity (Wildman–Crippen MR) is 74.1 cm³/mol. The van der Waals surface area contributed by atoms with E-state index in [-0.39, 0.29) is 6.04 Å². The first-order chi connectivity index (χ1) is 9.01. The van der Waals surface area contributed by atoms with Crippen molar-refractivity contribution in [3.8, 4) is 0 Å². The zero-order valence-corrected chi connectivity index (χ0v) is 12.1. The summed E-state index contributed by atoms with van der Waals surface area (Å²) >= 11 is 0. The van der Waals surface area contributed by atoms with Crippen LogP contribution in [0.25, 0.3) is 0 Å². The van der Waals surface area contributed by atoms with Gasteiger partial charge in [0.2, 0.25) is 0 Å². The maximum Gasteiger partial charge on any atom is 0.281 e. The van der Waals surface area contributed by atoms with Crippen LogP contribution in [0, 0.1) is 0 Å². The molecule has 2 rings (SSSR count). The molecule has 1 aromatic rings. The van der Waals surface area contributed by atoms with Gasteiger partial charge in [-0.15, -0.1) is 0 Å². The lowest BCUT2D eigenvalue weighted by Gasteiger charge is -2.36. The largest absolute Gasteiger partial charge is 0.378 e. The summed E-state index contributed by atoms with van der Waals surface area (Å²) in [6, 6.07) is 9.76. The molecule has 0 bridgehead atoms. The molecule has 0 aromatic heterocycles. The molecule has 1 atom stereocenters. The Kier molecular flexibility index (Phi) is 4.57. The van der Waals surface area contributed by atoms with Crippen LogP contribution in [-0.4, -0.2) is 56.9 Å². The van der Waals surface area contributed by atoms with Crippen molar-refractivity contribution in [1.82, 2.24) is 8.61 Å². The Morgan fingerprint density at radius 2 is 2.00 bits per heavy atom. The van der Waals surface area contributed by atoms with E-state index in [1.165, 1.54) is 4.31 Å². The van der Waals surface area contributed by atoms with Crippen LogP contribution in [0.15, 0.2) is 30.3 Å². The van der Waals surface area contributed by atoms with Crippen LogP contribution in [0.5, 0.6) is 0 Å². The SMILES string of the molecule is CN(C)S(=O)(=O)N1CCOCC1Cc1ccccc1. The Bertz CT molecular complexity index is 502. The summed E-state index contributed by atoms with van der Waals surface area (Å²) in [5.41, 5.74) is 1.12. The number of nitrogens with zero attached hydrogens (tertiary/aromatic N) is 2. The Morgan fingerprint density at radius 3 is 2.63 bits per heavy atom. The predicted octanol–water partition coefficient (Wildman–Crippen LogP) is 0.736. The molecule has 1 unspecified atom stereocenters. The van der Waals surface area contributed by atoms with Gasteiger partial charge in [0.05, 0.1) is 19.3 Å². The molecule has 1 aliphatic rings. The Labute approximate surface area is 115 Å². The molecule has 0 aliphatic carbocycles. The summed E-state index contributed by atoms with van der Waals surface area (Å²) in [6.45, 7) is 1.32. The minimum absolute atomic E-state index is 0.136. The van der Waals surface area contributed by atoms with E-state index in [9.17, 15) is 8.42 Å². The molecule has 6 heteroatoms.